The molecule has 0 radical (unpaired) electrons. The Bertz CT molecular complexity index is 741. The first-order valence-corrected chi connectivity index (χ1v) is 9.88. The van der Waals surface area contributed by atoms with Crippen LogP contribution in [0.2, 0.25) is 0 Å². The van der Waals surface area contributed by atoms with Crippen molar-refractivity contribution in [2.75, 3.05) is 38.5 Å². The third-order valence-corrected chi connectivity index (χ3v) is 5.48. The molecule has 4 N–H and O–H groups in total. The molecule has 0 aromatic heterocycles. The lowest BCUT2D eigenvalue weighted by Crippen LogP contribution is -3.27. The highest BCUT2D eigenvalue weighted by Gasteiger charge is 2.34. The van der Waals surface area contributed by atoms with Gasteiger partial charge in [0, 0.05) is 11.3 Å². The van der Waals surface area contributed by atoms with Crippen LogP contribution < -0.4 is 20.4 Å². The van der Waals surface area contributed by atoms with Crippen LogP contribution >= 0.6 is 0 Å². The van der Waals surface area contributed by atoms with Crippen LogP contribution in [0.5, 0.6) is 0 Å². The van der Waals surface area contributed by atoms with Crippen LogP contribution in [0.3, 0.4) is 0 Å². The minimum Gasteiger partial charge on any atom is -0.329 e. The fraction of sp³-hybridized carbons (Fsp3) is 0.409. The SMILES string of the molecule is Cc1cccc(NC(=O)N[C@@H](C)[C@@H](c2ccccc2)[NH+]2CC[NH+](C)CC2)c1. The third-order valence-electron chi connectivity index (χ3n) is 5.48. The van der Waals surface area contributed by atoms with Crippen molar-refractivity contribution in [1.82, 2.24) is 5.32 Å². The zero-order valence-electron chi connectivity index (χ0n) is 16.6. The van der Waals surface area contributed by atoms with Gasteiger partial charge in [-0.2, -0.15) is 0 Å². The van der Waals surface area contributed by atoms with E-state index in [0.717, 1.165) is 24.3 Å². The number of hydrogen-bond acceptors (Lipinski definition) is 1. The third kappa shape index (κ3) is 5.31. The molecule has 3 rings (SSSR count). The van der Waals surface area contributed by atoms with Gasteiger partial charge in [-0.25, -0.2) is 4.79 Å². The Morgan fingerprint density at radius 1 is 1.00 bits per heavy atom. The number of likely N-dealkylation sites (N-methyl/N-ethyl adjacent to an activating group) is 1. The lowest BCUT2D eigenvalue weighted by Gasteiger charge is -2.36. The molecule has 0 bridgehead atoms. The standard InChI is InChI=1S/C22H30N4O/c1-17-8-7-11-20(16-17)24-22(27)23-18(2)21(19-9-5-4-6-10-19)26-14-12-25(3)13-15-26/h4-11,16,18,21H,12-15H2,1-3H3,(H2,23,24,27)/p+2/t18-,21-/m0/s1. The highest BCUT2D eigenvalue weighted by atomic mass is 16.2. The van der Waals surface area contributed by atoms with Gasteiger partial charge < -0.3 is 20.4 Å². The van der Waals surface area contributed by atoms with Crippen molar-refractivity contribution in [3.8, 4) is 0 Å². The van der Waals surface area contributed by atoms with Crippen molar-refractivity contribution >= 4 is 11.7 Å². The number of amides is 2. The number of benzene rings is 2. The quantitative estimate of drug-likeness (QED) is 0.616. The van der Waals surface area contributed by atoms with E-state index in [1.165, 1.54) is 18.7 Å². The topological polar surface area (TPSA) is 50.0 Å². The molecule has 0 saturated carbocycles. The second-order valence-electron chi connectivity index (χ2n) is 7.76. The van der Waals surface area contributed by atoms with Crippen LogP contribution in [0.15, 0.2) is 54.6 Å². The van der Waals surface area contributed by atoms with Gasteiger partial charge in [0.25, 0.3) is 0 Å². The van der Waals surface area contributed by atoms with Crippen molar-refractivity contribution in [1.29, 1.82) is 0 Å². The van der Waals surface area contributed by atoms with Crippen molar-refractivity contribution in [3.05, 3.63) is 65.7 Å². The van der Waals surface area contributed by atoms with E-state index in [1.54, 1.807) is 9.80 Å². The largest absolute Gasteiger partial charge is 0.329 e. The van der Waals surface area contributed by atoms with Gasteiger partial charge in [-0.3, -0.25) is 0 Å². The molecule has 27 heavy (non-hydrogen) atoms. The monoisotopic (exact) mass is 368 g/mol. The van der Waals surface area contributed by atoms with Crippen LogP contribution in [0.25, 0.3) is 0 Å². The number of carbonyl (C=O) groups is 1. The van der Waals surface area contributed by atoms with Crippen molar-refractivity contribution in [2.45, 2.75) is 25.9 Å². The van der Waals surface area contributed by atoms with Gasteiger partial charge in [0.15, 0.2) is 0 Å². The van der Waals surface area contributed by atoms with Crippen LogP contribution in [-0.2, 0) is 0 Å². The number of urea groups is 1. The van der Waals surface area contributed by atoms with E-state index in [1.807, 2.05) is 37.3 Å². The fourth-order valence-corrected chi connectivity index (χ4v) is 4.03. The molecule has 2 atom stereocenters. The molecular weight excluding hydrogens is 336 g/mol. The van der Waals surface area contributed by atoms with Crippen molar-refractivity contribution < 1.29 is 14.6 Å². The number of carbonyl (C=O) groups excluding carboxylic acids is 1. The van der Waals surface area contributed by atoms with Crippen molar-refractivity contribution in [3.63, 3.8) is 0 Å². The zero-order valence-corrected chi connectivity index (χ0v) is 16.6. The molecule has 1 aliphatic rings. The smallest absolute Gasteiger partial charge is 0.319 e. The first-order chi connectivity index (χ1) is 13.0. The predicted molar refractivity (Wildman–Crippen MR) is 109 cm³/mol. The molecule has 0 unspecified atom stereocenters. The molecule has 5 heteroatoms. The number of hydrogen-bond donors (Lipinski definition) is 4. The Morgan fingerprint density at radius 2 is 1.70 bits per heavy atom. The molecule has 2 amide bonds. The Hall–Kier alpha value is -2.37. The fourth-order valence-electron chi connectivity index (χ4n) is 4.03. The molecule has 1 saturated heterocycles. The summed E-state index contributed by atoms with van der Waals surface area (Å²) in [6.45, 7) is 8.72. The summed E-state index contributed by atoms with van der Waals surface area (Å²) in [6, 6.07) is 18.6. The molecule has 0 spiro atoms. The number of piperazine rings is 1. The van der Waals surface area contributed by atoms with Gasteiger partial charge in [-0.1, -0.05) is 42.5 Å². The lowest BCUT2D eigenvalue weighted by atomic mass is 9.98. The number of rotatable bonds is 5. The van der Waals surface area contributed by atoms with E-state index >= 15 is 0 Å². The van der Waals surface area contributed by atoms with E-state index in [-0.39, 0.29) is 18.1 Å². The van der Waals surface area contributed by atoms with Gasteiger partial charge in [0.2, 0.25) is 0 Å². The summed E-state index contributed by atoms with van der Waals surface area (Å²) in [6.07, 6.45) is 0. The summed E-state index contributed by atoms with van der Waals surface area (Å²) in [5, 5.41) is 6.14. The molecule has 2 aromatic carbocycles. The highest BCUT2D eigenvalue weighted by molar-refractivity contribution is 5.89. The molecular formula is C22H32N4O+2. The second kappa shape index (κ2) is 9.02. The maximum Gasteiger partial charge on any atom is 0.319 e. The summed E-state index contributed by atoms with van der Waals surface area (Å²) in [7, 11) is 2.26. The summed E-state index contributed by atoms with van der Waals surface area (Å²) in [5.41, 5.74) is 3.24. The first-order valence-electron chi connectivity index (χ1n) is 9.88. The Labute approximate surface area is 162 Å². The van der Waals surface area contributed by atoms with E-state index in [4.69, 9.17) is 0 Å². The number of nitrogens with one attached hydrogen (secondary N) is 4. The maximum absolute atomic E-state index is 12.6. The van der Waals surface area contributed by atoms with Gasteiger partial charge >= 0.3 is 6.03 Å². The molecule has 144 valence electrons. The summed E-state index contributed by atoms with van der Waals surface area (Å²) in [4.78, 5) is 15.7. The normalized spacial score (nSPS) is 21.9. The lowest BCUT2D eigenvalue weighted by molar-refractivity contribution is -1.02. The van der Waals surface area contributed by atoms with Crippen LogP contribution in [-0.4, -0.2) is 45.3 Å². The van der Waals surface area contributed by atoms with Gasteiger partial charge in [0.1, 0.15) is 32.2 Å². The average Bonchev–Trinajstić information content (AvgIpc) is 2.64. The number of aryl methyl sites for hydroxylation is 1. The molecule has 1 fully saturated rings. The minimum absolute atomic E-state index is 0.0330. The zero-order chi connectivity index (χ0) is 19.2. The van der Waals surface area contributed by atoms with Crippen molar-refractivity contribution in [2.24, 2.45) is 0 Å². The van der Waals surface area contributed by atoms with E-state index in [9.17, 15) is 4.79 Å². The number of anilines is 1. The van der Waals surface area contributed by atoms with Gasteiger partial charge in [0.05, 0.1) is 13.1 Å². The summed E-state index contributed by atoms with van der Waals surface area (Å²) < 4.78 is 0. The van der Waals surface area contributed by atoms with E-state index < -0.39 is 0 Å². The van der Waals surface area contributed by atoms with Gasteiger partial charge in [-0.15, -0.1) is 0 Å². The van der Waals surface area contributed by atoms with E-state index in [0.29, 0.717) is 0 Å². The Morgan fingerprint density at radius 3 is 2.37 bits per heavy atom. The van der Waals surface area contributed by atoms with Crippen LogP contribution in [0.1, 0.15) is 24.1 Å². The highest BCUT2D eigenvalue weighted by Crippen LogP contribution is 2.15. The van der Waals surface area contributed by atoms with Crippen LogP contribution in [0, 0.1) is 6.92 Å². The maximum atomic E-state index is 12.6. The van der Waals surface area contributed by atoms with Crippen LogP contribution in [0.4, 0.5) is 10.5 Å². The Kier molecular flexibility index (Phi) is 6.48. The van der Waals surface area contributed by atoms with E-state index in [2.05, 4.69) is 48.9 Å². The second-order valence-corrected chi connectivity index (χ2v) is 7.76. The summed E-state index contributed by atoms with van der Waals surface area (Å²) >= 11 is 0. The molecule has 1 aliphatic heterocycles. The summed E-state index contributed by atoms with van der Waals surface area (Å²) in [5.74, 6) is 0. The predicted octanol–water partition coefficient (Wildman–Crippen LogP) is 0.660. The number of quaternary nitrogens is 2. The molecule has 1 heterocycles. The molecule has 5 nitrogen and oxygen atoms in total. The molecule has 2 aromatic rings. The van der Waals surface area contributed by atoms with Gasteiger partial charge in [-0.05, 0) is 31.5 Å². The Balaban J connectivity index is 1.70. The minimum atomic E-state index is -0.145. The first kappa shape index (κ1) is 19.4. The molecule has 0 aliphatic carbocycles. The average molecular weight is 369 g/mol.